The molecule has 156 valence electrons. The third kappa shape index (κ3) is 2.45. The van der Waals surface area contributed by atoms with Crippen LogP contribution in [0.3, 0.4) is 0 Å². The molecule has 0 aliphatic carbocycles. The first kappa shape index (κ1) is 18.9. The molecule has 5 aromatic rings. The summed E-state index contributed by atoms with van der Waals surface area (Å²) in [5.41, 5.74) is 10.6. The van der Waals surface area contributed by atoms with Gasteiger partial charge in [0.1, 0.15) is 0 Å². The van der Waals surface area contributed by atoms with E-state index < -0.39 is 6.42 Å². The summed E-state index contributed by atoms with van der Waals surface area (Å²) in [6, 6.07) is 13.8. The lowest BCUT2D eigenvalue weighted by molar-refractivity contribution is 0.601. The number of fused-ring (bicyclic) bond motifs is 2. The second kappa shape index (κ2) is 7.22. The minimum Gasteiger partial charge on any atom is -0.516 e. The Bertz CT molecular complexity index is 1400. The van der Waals surface area contributed by atoms with Crippen molar-refractivity contribution in [3.05, 3.63) is 109 Å². The highest BCUT2D eigenvalue weighted by molar-refractivity contribution is 7.14. The van der Waals surface area contributed by atoms with E-state index in [1.165, 1.54) is 44.7 Å². The molecule has 5 aromatic heterocycles. The standard InChI is InChI=1S/C25H18BN2S4/c1-2-23-25(19-6-11-30-15-19)24-4-3-22(18-5-10-29-14-18)28(24)26(27(23)9-1,20-7-12-31-16-20)21-8-13-32-17-21/h1-8,10-17H,9H2/q-1. The van der Waals surface area contributed by atoms with E-state index in [1.54, 1.807) is 45.3 Å². The van der Waals surface area contributed by atoms with Gasteiger partial charge in [-0.3, -0.25) is 0 Å². The van der Waals surface area contributed by atoms with E-state index >= 15 is 0 Å². The van der Waals surface area contributed by atoms with Crippen LogP contribution in [0.25, 0.3) is 16.8 Å². The van der Waals surface area contributed by atoms with E-state index in [0.29, 0.717) is 0 Å². The molecule has 7 heteroatoms. The van der Waals surface area contributed by atoms with Gasteiger partial charge in [0.25, 0.3) is 0 Å². The van der Waals surface area contributed by atoms with E-state index in [1.807, 2.05) is 0 Å². The zero-order valence-electron chi connectivity index (χ0n) is 17.0. The van der Waals surface area contributed by atoms with Gasteiger partial charge in [0.2, 0.25) is 6.42 Å². The second-order valence-electron chi connectivity index (χ2n) is 8.20. The lowest BCUT2D eigenvalue weighted by Gasteiger charge is -2.57. The molecule has 0 atom stereocenters. The SMILES string of the molecule is C1=CC2=C(c3ccsc3)c3ccc(-c4ccsc4)n3[B-](c3ccsc3)(c3ccsc3)N2C1. The first-order chi connectivity index (χ1) is 15.9. The number of hydrogen-bond donors (Lipinski definition) is 0. The minimum atomic E-state index is -1.37. The van der Waals surface area contributed by atoms with Gasteiger partial charge < -0.3 is 9.29 Å². The summed E-state index contributed by atoms with van der Waals surface area (Å²) in [6.45, 7) is 0.912. The Kier molecular flexibility index (Phi) is 4.27. The molecule has 7 heterocycles. The second-order valence-corrected chi connectivity index (χ2v) is 11.3. The van der Waals surface area contributed by atoms with Gasteiger partial charge in [-0.05, 0) is 85.5 Å². The first-order valence-electron chi connectivity index (χ1n) is 10.6. The van der Waals surface area contributed by atoms with Crippen LogP contribution in [0, 0.1) is 0 Å². The van der Waals surface area contributed by atoms with Crippen molar-refractivity contribution in [2.75, 3.05) is 6.54 Å². The van der Waals surface area contributed by atoms with Crippen LogP contribution in [0.15, 0.2) is 97.3 Å². The summed E-state index contributed by atoms with van der Waals surface area (Å²) < 4.78 is 2.66. The maximum absolute atomic E-state index is 2.67. The number of rotatable bonds is 4. The van der Waals surface area contributed by atoms with Gasteiger partial charge >= 0.3 is 0 Å². The van der Waals surface area contributed by atoms with E-state index in [2.05, 4.69) is 101 Å². The van der Waals surface area contributed by atoms with Crippen molar-refractivity contribution < 1.29 is 0 Å². The molecule has 0 N–H and O–H groups in total. The predicted molar refractivity (Wildman–Crippen MR) is 143 cm³/mol. The van der Waals surface area contributed by atoms with E-state index in [-0.39, 0.29) is 0 Å². The summed E-state index contributed by atoms with van der Waals surface area (Å²) in [6.07, 6.45) is 3.29. The first-order valence-corrected chi connectivity index (χ1v) is 14.3. The fourth-order valence-electron chi connectivity index (χ4n) is 5.58. The zero-order chi connectivity index (χ0) is 21.1. The molecule has 2 aliphatic heterocycles. The number of aromatic nitrogens is 1. The quantitative estimate of drug-likeness (QED) is 0.277. The van der Waals surface area contributed by atoms with E-state index in [4.69, 9.17) is 0 Å². The highest BCUT2D eigenvalue weighted by atomic mass is 32.1. The van der Waals surface area contributed by atoms with Crippen LogP contribution >= 0.6 is 45.3 Å². The molecule has 2 aliphatic rings. The van der Waals surface area contributed by atoms with Crippen LogP contribution in [-0.2, 0) is 0 Å². The molecule has 2 nitrogen and oxygen atoms in total. The molecular weight excluding hydrogens is 467 g/mol. The maximum atomic E-state index is 2.67. The summed E-state index contributed by atoms with van der Waals surface area (Å²) >= 11 is 7.11. The molecule has 0 bridgehead atoms. The Labute approximate surface area is 203 Å². The van der Waals surface area contributed by atoms with Crippen molar-refractivity contribution in [2.24, 2.45) is 0 Å². The lowest BCUT2D eigenvalue weighted by atomic mass is 9.35. The van der Waals surface area contributed by atoms with Gasteiger partial charge in [-0.2, -0.15) is 45.3 Å². The van der Waals surface area contributed by atoms with E-state index in [0.717, 1.165) is 6.54 Å². The minimum absolute atomic E-state index is 0.912. The maximum Gasteiger partial charge on any atom is 0.244 e. The third-order valence-corrected chi connectivity index (χ3v) is 9.55. The van der Waals surface area contributed by atoms with Crippen LogP contribution < -0.4 is 10.9 Å². The van der Waals surface area contributed by atoms with Crippen molar-refractivity contribution in [1.82, 2.24) is 9.29 Å². The molecule has 0 saturated carbocycles. The highest BCUT2D eigenvalue weighted by Crippen LogP contribution is 2.44. The van der Waals surface area contributed by atoms with Crippen molar-refractivity contribution in [3.63, 3.8) is 0 Å². The van der Waals surface area contributed by atoms with Crippen molar-refractivity contribution >= 4 is 68.3 Å². The Balaban J connectivity index is 1.66. The monoisotopic (exact) mass is 485 g/mol. The van der Waals surface area contributed by atoms with E-state index in [9.17, 15) is 0 Å². The zero-order valence-corrected chi connectivity index (χ0v) is 20.3. The molecule has 0 aromatic carbocycles. The normalized spacial score (nSPS) is 16.6. The molecule has 0 fully saturated rings. The average molecular weight is 486 g/mol. The topological polar surface area (TPSA) is 8.17 Å². The van der Waals surface area contributed by atoms with Gasteiger partial charge in [0, 0.05) is 28.2 Å². The van der Waals surface area contributed by atoms with Gasteiger partial charge in [0.15, 0.2) is 0 Å². The predicted octanol–water partition coefficient (Wildman–Crippen LogP) is 6.15. The van der Waals surface area contributed by atoms with Crippen LogP contribution in [0.1, 0.15) is 11.3 Å². The smallest absolute Gasteiger partial charge is 0.244 e. The molecule has 0 spiro atoms. The largest absolute Gasteiger partial charge is 0.516 e. The Morgan fingerprint density at radius 3 is 1.91 bits per heavy atom. The number of allylic oxidation sites excluding steroid dienone is 1. The summed E-state index contributed by atoms with van der Waals surface area (Å²) in [5.74, 6) is 0. The Morgan fingerprint density at radius 1 is 0.656 bits per heavy atom. The average Bonchev–Trinajstić information content (AvgIpc) is 3.67. The van der Waals surface area contributed by atoms with Crippen LogP contribution in [0.2, 0.25) is 0 Å². The molecule has 0 unspecified atom stereocenters. The molecule has 0 saturated heterocycles. The number of hydrogen-bond acceptors (Lipinski definition) is 5. The molecule has 0 amide bonds. The van der Waals surface area contributed by atoms with Gasteiger partial charge in [0.05, 0.1) is 0 Å². The van der Waals surface area contributed by atoms with Crippen molar-refractivity contribution in [1.29, 1.82) is 0 Å². The number of nitrogens with zero attached hydrogens (tertiary/aromatic N) is 2. The lowest BCUT2D eigenvalue weighted by Crippen LogP contribution is -2.75. The fourth-order valence-corrected chi connectivity index (χ4v) is 8.36. The molecular formula is C25H18BN2S4-. The summed E-state index contributed by atoms with van der Waals surface area (Å²) in [5, 5.41) is 18.1. The van der Waals surface area contributed by atoms with Gasteiger partial charge in [-0.25, -0.2) is 0 Å². The third-order valence-electron chi connectivity index (χ3n) is 6.79. The summed E-state index contributed by atoms with van der Waals surface area (Å²) in [4.78, 5) is 2.67. The Morgan fingerprint density at radius 2 is 1.28 bits per heavy atom. The fraction of sp³-hybridized carbons (Fsp3) is 0.0400. The van der Waals surface area contributed by atoms with Crippen LogP contribution in [0.4, 0.5) is 0 Å². The molecule has 0 radical (unpaired) electrons. The Hall–Kier alpha value is -2.58. The van der Waals surface area contributed by atoms with Gasteiger partial charge in [-0.15, -0.1) is 10.9 Å². The van der Waals surface area contributed by atoms with Crippen molar-refractivity contribution in [2.45, 2.75) is 0 Å². The van der Waals surface area contributed by atoms with Crippen LogP contribution in [-0.4, -0.2) is 22.2 Å². The highest BCUT2D eigenvalue weighted by Gasteiger charge is 2.45. The van der Waals surface area contributed by atoms with Crippen molar-refractivity contribution in [3.8, 4) is 11.3 Å². The molecule has 7 rings (SSSR count). The van der Waals surface area contributed by atoms with Gasteiger partial charge in [-0.1, -0.05) is 18.2 Å². The molecule has 32 heavy (non-hydrogen) atoms. The number of thiophene rings is 4. The summed E-state index contributed by atoms with van der Waals surface area (Å²) in [7, 11) is 0. The van der Waals surface area contributed by atoms with Crippen LogP contribution in [0.5, 0.6) is 0 Å².